The lowest BCUT2D eigenvalue weighted by Crippen LogP contribution is -2.39. The molecule has 1 aliphatic rings. The van der Waals surface area contributed by atoms with E-state index in [2.05, 4.69) is 4.72 Å². The third-order valence-electron chi connectivity index (χ3n) is 2.54. The molecule has 0 saturated heterocycles. The fourth-order valence-corrected chi connectivity index (χ4v) is 2.37. The van der Waals surface area contributed by atoms with Gasteiger partial charge >= 0.3 is 0 Å². The molecule has 0 heterocycles. The highest BCUT2D eigenvalue weighted by Crippen LogP contribution is 2.29. The number of nitrogens with two attached hydrogens (primary N) is 1. The molecule has 1 rings (SSSR count). The van der Waals surface area contributed by atoms with Crippen molar-refractivity contribution in [1.82, 2.24) is 9.03 Å². The van der Waals surface area contributed by atoms with Crippen LogP contribution in [0.1, 0.15) is 25.7 Å². The van der Waals surface area contributed by atoms with E-state index in [-0.39, 0.29) is 12.4 Å². The van der Waals surface area contributed by atoms with Crippen LogP contribution in [0, 0.1) is 5.92 Å². The quantitative estimate of drug-likeness (QED) is 0.625. The maximum absolute atomic E-state index is 11.6. The molecule has 5 nitrogen and oxygen atoms in total. The molecule has 0 aliphatic heterocycles. The third kappa shape index (κ3) is 6.00. The van der Waals surface area contributed by atoms with E-state index in [1.165, 1.54) is 4.31 Å². The monoisotopic (exact) mass is 271 g/mol. The Kier molecular flexibility index (Phi) is 7.50. The van der Waals surface area contributed by atoms with Crippen LogP contribution in [-0.2, 0) is 10.2 Å². The molecule has 98 valence electrons. The Morgan fingerprint density at radius 1 is 1.38 bits per heavy atom. The van der Waals surface area contributed by atoms with Crippen molar-refractivity contribution in [3.8, 4) is 0 Å². The standard InChI is InChI=1S/C9H21N3O2S.ClH/c1-12(8-9-4-5-9)15(13,14)11-7-3-2-6-10;/h9,11H,2-8,10H2,1H3;1H. The molecular formula is C9H22ClN3O2S. The van der Waals surface area contributed by atoms with Crippen molar-refractivity contribution in [2.24, 2.45) is 11.7 Å². The summed E-state index contributed by atoms with van der Waals surface area (Å²) in [6.45, 7) is 1.74. The van der Waals surface area contributed by atoms with Gasteiger partial charge in [0.05, 0.1) is 0 Å². The lowest BCUT2D eigenvalue weighted by molar-refractivity contribution is 0.442. The highest BCUT2D eigenvalue weighted by atomic mass is 35.5. The second-order valence-corrected chi connectivity index (χ2v) is 5.98. The molecular weight excluding hydrogens is 250 g/mol. The van der Waals surface area contributed by atoms with Crippen molar-refractivity contribution in [1.29, 1.82) is 0 Å². The zero-order valence-corrected chi connectivity index (χ0v) is 11.3. The number of rotatable bonds is 8. The number of nitrogens with zero attached hydrogens (tertiary/aromatic N) is 1. The second-order valence-electron chi connectivity index (χ2n) is 4.12. The molecule has 0 radical (unpaired) electrons. The van der Waals surface area contributed by atoms with E-state index >= 15 is 0 Å². The zero-order chi connectivity index (χ0) is 11.3. The molecule has 0 atom stereocenters. The lowest BCUT2D eigenvalue weighted by atomic mass is 10.3. The average molecular weight is 272 g/mol. The Balaban J connectivity index is 0.00000225. The van der Waals surface area contributed by atoms with Crippen molar-refractivity contribution in [2.45, 2.75) is 25.7 Å². The Labute approximate surface area is 104 Å². The van der Waals surface area contributed by atoms with Gasteiger partial charge in [-0.05, 0) is 38.1 Å². The van der Waals surface area contributed by atoms with Crippen LogP contribution in [0.15, 0.2) is 0 Å². The predicted octanol–water partition coefficient (Wildman–Crippen LogP) is 0.323. The first-order chi connectivity index (χ1) is 7.06. The summed E-state index contributed by atoms with van der Waals surface area (Å²) in [7, 11) is -1.62. The topological polar surface area (TPSA) is 75.4 Å². The minimum atomic E-state index is -3.25. The van der Waals surface area contributed by atoms with E-state index in [4.69, 9.17) is 5.73 Å². The van der Waals surface area contributed by atoms with E-state index in [0.717, 1.165) is 25.7 Å². The summed E-state index contributed by atoms with van der Waals surface area (Å²) in [5.41, 5.74) is 5.32. The van der Waals surface area contributed by atoms with Crippen molar-refractivity contribution < 1.29 is 8.42 Å². The summed E-state index contributed by atoms with van der Waals surface area (Å²) in [6, 6.07) is 0. The Morgan fingerprint density at radius 3 is 2.50 bits per heavy atom. The van der Waals surface area contributed by atoms with Gasteiger partial charge < -0.3 is 5.73 Å². The molecule has 0 spiro atoms. The first kappa shape index (κ1) is 16.1. The molecule has 1 fully saturated rings. The number of hydrogen-bond donors (Lipinski definition) is 2. The van der Waals surface area contributed by atoms with Gasteiger partial charge in [-0.15, -0.1) is 12.4 Å². The van der Waals surface area contributed by atoms with E-state index in [9.17, 15) is 8.42 Å². The summed E-state index contributed by atoms with van der Waals surface area (Å²) in [6.07, 6.45) is 3.97. The Morgan fingerprint density at radius 2 is 2.00 bits per heavy atom. The van der Waals surface area contributed by atoms with Crippen molar-refractivity contribution >= 4 is 22.6 Å². The molecule has 0 aromatic carbocycles. The van der Waals surface area contributed by atoms with E-state index in [0.29, 0.717) is 25.6 Å². The molecule has 0 aromatic heterocycles. The van der Waals surface area contributed by atoms with E-state index in [1.54, 1.807) is 7.05 Å². The molecule has 0 bridgehead atoms. The van der Waals surface area contributed by atoms with Gasteiger partial charge in [0.15, 0.2) is 0 Å². The largest absolute Gasteiger partial charge is 0.330 e. The minimum Gasteiger partial charge on any atom is -0.330 e. The number of halogens is 1. The highest BCUT2D eigenvalue weighted by molar-refractivity contribution is 7.87. The van der Waals surface area contributed by atoms with Crippen LogP contribution in [-0.4, -0.2) is 39.4 Å². The first-order valence-corrected chi connectivity index (χ1v) is 6.91. The molecule has 1 aliphatic carbocycles. The summed E-state index contributed by atoms with van der Waals surface area (Å²) in [5.74, 6) is 0.579. The van der Waals surface area contributed by atoms with Gasteiger partial charge in [-0.25, -0.2) is 4.72 Å². The van der Waals surface area contributed by atoms with Crippen LogP contribution in [0.4, 0.5) is 0 Å². The summed E-state index contributed by atoms with van der Waals surface area (Å²) < 4.78 is 27.3. The molecule has 0 aromatic rings. The van der Waals surface area contributed by atoms with Crippen LogP contribution in [0.25, 0.3) is 0 Å². The SMILES string of the molecule is CN(CC1CC1)S(=O)(=O)NCCCCN.Cl. The van der Waals surface area contributed by atoms with Gasteiger partial charge in [-0.3, -0.25) is 0 Å². The molecule has 7 heteroatoms. The van der Waals surface area contributed by atoms with Crippen LogP contribution in [0.3, 0.4) is 0 Å². The van der Waals surface area contributed by atoms with Crippen LogP contribution >= 0.6 is 12.4 Å². The van der Waals surface area contributed by atoms with Crippen LogP contribution in [0.2, 0.25) is 0 Å². The van der Waals surface area contributed by atoms with Crippen molar-refractivity contribution in [3.05, 3.63) is 0 Å². The maximum Gasteiger partial charge on any atom is 0.279 e. The second kappa shape index (κ2) is 7.45. The fourth-order valence-electron chi connectivity index (χ4n) is 1.34. The Hall–Kier alpha value is 0.120. The summed E-state index contributed by atoms with van der Waals surface area (Å²) in [5, 5.41) is 0. The molecule has 3 N–H and O–H groups in total. The summed E-state index contributed by atoms with van der Waals surface area (Å²) in [4.78, 5) is 0. The van der Waals surface area contributed by atoms with Crippen molar-refractivity contribution in [2.75, 3.05) is 26.7 Å². The van der Waals surface area contributed by atoms with Gasteiger partial charge in [0.1, 0.15) is 0 Å². The summed E-state index contributed by atoms with van der Waals surface area (Å²) >= 11 is 0. The number of hydrogen-bond acceptors (Lipinski definition) is 3. The van der Waals surface area contributed by atoms with Gasteiger partial charge in [-0.2, -0.15) is 12.7 Å². The Bertz CT molecular complexity index is 280. The fraction of sp³-hybridized carbons (Fsp3) is 1.00. The third-order valence-corrected chi connectivity index (χ3v) is 4.08. The lowest BCUT2D eigenvalue weighted by Gasteiger charge is -2.17. The predicted molar refractivity (Wildman–Crippen MR) is 67.8 cm³/mol. The number of nitrogens with one attached hydrogen (secondary N) is 1. The van der Waals surface area contributed by atoms with Gasteiger partial charge in [0, 0.05) is 20.1 Å². The normalized spacial score (nSPS) is 16.2. The first-order valence-electron chi connectivity index (χ1n) is 5.47. The van der Waals surface area contributed by atoms with Gasteiger partial charge in [0.25, 0.3) is 10.2 Å². The number of unbranched alkanes of at least 4 members (excludes halogenated alkanes) is 1. The molecule has 1 saturated carbocycles. The minimum absolute atomic E-state index is 0. The zero-order valence-electron chi connectivity index (χ0n) is 9.68. The molecule has 16 heavy (non-hydrogen) atoms. The molecule has 0 amide bonds. The smallest absolute Gasteiger partial charge is 0.279 e. The van der Waals surface area contributed by atoms with Crippen LogP contribution < -0.4 is 10.5 Å². The molecule has 0 unspecified atom stereocenters. The van der Waals surface area contributed by atoms with Crippen molar-refractivity contribution in [3.63, 3.8) is 0 Å². The van der Waals surface area contributed by atoms with E-state index in [1.807, 2.05) is 0 Å². The van der Waals surface area contributed by atoms with Gasteiger partial charge in [-0.1, -0.05) is 0 Å². The highest BCUT2D eigenvalue weighted by Gasteiger charge is 2.27. The van der Waals surface area contributed by atoms with Gasteiger partial charge in [0.2, 0.25) is 0 Å². The van der Waals surface area contributed by atoms with E-state index < -0.39 is 10.2 Å². The maximum atomic E-state index is 11.6. The average Bonchev–Trinajstić information content (AvgIpc) is 2.96. The van der Waals surface area contributed by atoms with Crippen LogP contribution in [0.5, 0.6) is 0 Å².